The van der Waals surface area contributed by atoms with Crippen LogP contribution in [0.5, 0.6) is 0 Å². The summed E-state index contributed by atoms with van der Waals surface area (Å²) >= 11 is 14.1. The Bertz CT molecular complexity index is 774. The second-order valence-corrected chi connectivity index (χ2v) is 10.4. The van der Waals surface area contributed by atoms with E-state index < -0.39 is 0 Å². The van der Waals surface area contributed by atoms with Gasteiger partial charge in [-0.25, -0.2) is 0 Å². The van der Waals surface area contributed by atoms with Crippen LogP contribution in [0.15, 0.2) is 18.2 Å². The third-order valence-electron chi connectivity index (χ3n) is 6.58. The van der Waals surface area contributed by atoms with Gasteiger partial charge in [0, 0.05) is 55.8 Å². The molecule has 2 saturated heterocycles. The first-order valence-electron chi connectivity index (χ1n) is 10.9. The lowest BCUT2D eigenvalue weighted by Crippen LogP contribution is -2.59. The minimum atomic E-state index is -0.0619. The smallest absolute Gasteiger partial charge is 0.255 e. The number of benzene rings is 1. The highest BCUT2D eigenvalue weighted by molar-refractivity contribution is 7.99. The molecule has 8 heteroatoms. The Balaban J connectivity index is 1.43. The van der Waals surface area contributed by atoms with Gasteiger partial charge in [0.1, 0.15) is 0 Å². The van der Waals surface area contributed by atoms with E-state index >= 15 is 0 Å². The van der Waals surface area contributed by atoms with E-state index in [-0.39, 0.29) is 11.9 Å². The second kappa shape index (κ2) is 10.1. The molecule has 30 heavy (non-hydrogen) atoms. The summed E-state index contributed by atoms with van der Waals surface area (Å²) in [6.07, 6.45) is 4.71. The van der Waals surface area contributed by atoms with Gasteiger partial charge >= 0.3 is 0 Å². The summed E-state index contributed by atoms with van der Waals surface area (Å²) in [5.74, 6) is 2.76. The number of amides is 2. The lowest BCUT2D eigenvalue weighted by molar-refractivity contribution is -0.139. The van der Waals surface area contributed by atoms with E-state index in [0.29, 0.717) is 40.5 Å². The van der Waals surface area contributed by atoms with Gasteiger partial charge in [-0.3, -0.25) is 14.5 Å². The molecule has 0 bridgehead atoms. The van der Waals surface area contributed by atoms with Gasteiger partial charge in [0.2, 0.25) is 5.91 Å². The average Bonchev–Trinajstić information content (AvgIpc) is 3.29. The first-order valence-corrected chi connectivity index (χ1v) is 12.8. The van der Waals surface area contributed by atoms with Crippen LogP contribution < -0.4 is 0 Å². The molecule has 2 heterocycles. The number of halogens is 2. The standard InChI is InChI=1S/C22H29Cl2N3O2S/c23-17-5-6-18(19(24)15-17)21(28)26-9-7-25(8-10-26)20(16-3-1-2-4-16)22(29)27-11-13-30-14-12-27/h5-6,15-16,20H,1-4,7-14H2. The van der Waals surface area contributed by atoms with Gasteiger partial charge < -0.3 is 9.80 Å². The van der Waals surface area contributed by atoms with Crippen LogP contribution in [0.4, 0.5) is 0 Å². The number of hydrogen-bond acceptors (Lipinski definition) is 4. The summed E-state index contributed by atoms with van der Waals surface area (Å²) in [7, 11) is 0. The van der Waals surface area contributed by atoms with Crippen LogP contribution in [0.25, 0.3) is 0 Å². The molecule has 1 aliphatic carbocycles. The van der Waals surface area contributed by atoms with Crippen molar-refractivity contribution in [1.29, 1.82) is 0 Å². The minimum absolute atomic E-state index is 0.0352. The summed E-state index contributed by atoms with van der Waals surface area (Å²) in [5.41, 5.74) is 0.490. The monoisotopic (exact) mass is 469 g/mol. The zero-order valence-corrected chi connectivity index (χ0v) is 19.5. The van der Waals surface area contributed by atoms with Gasteiger partial charge in [0.25, 0.3) is 5.91 Å². The molecule has 0 spiro atoms. The first-order chi connectivity index (χ1) is 14.5. The molecule has 1 aromatic carbocycles. The fourth-order valence-corrected chi connectivity index (χ4v) is 6.33. The third-order valence-corrected chi connectivity index (χ3v) is 8.07. The van der Waals surface area contributed by atoms with Crippen LogP contribution in [-0.4, -0.2) is 83.3 Å². The molecule has 0 aromatic heterocycles. The van der Waals surface area contributed by atoms with Gasteiger partial charge in [0.05, 0.1) is 16.6 Å². The van der Waals surface area contributed by atoms with Crippen molar-refractivity contribution in [3.63, 3.8) is 0 Å². The van der Waals surface area contributed by atoms with E-state index in [1.54, 1.807) is 18.2 Å². The molecule has 0 radical (unpaired) electrons. The summed E-state index contributed by atoms with van der Waals surface area (Å²) in [6, 6.07) is 4.96. The van der Waals surface area contributed by atoms with Gasteiger partial charge in [-0.15, -0.1) is 0 Å². The molecule has 164 valence electrons. The fraction of sp³-hybridized carbons (Fsp3) is 0.636. The van der Waals surface area contributed by atoms with Crippen molar-refractivity contribution < 1.29 is 9.59 Å². The summed E-state index contributed by atoms with van der Waals surface area (Å²) in [4.78, 5) is 32.7. The lowest BCUT2D eigenvalue weighted by Gasteiger charge is -2.43. The van der Waals surface area contributed by atoms with E-state index in [1.165, 1.54) is 12.8 Å². The van der Waals surface area contributed by atoms with E-state index in [1.807, 2.05) is 16.7 Å². The third kappa shape index (κ3) is 4.93. The SMILES string of the molecule is O=C(c1ccc(Cl)cc1Cl)N1CCN(C(C(=O)N2CCSCC2)C2CCCC2)CC1. The minimum Gasteiger partial charge on any atom is -0.340 e. The summed E-state index contributed by atoms with van der Waals surface area (Å²) < 4.78 is 0. The van der Waals surface area contributed by atoms with Gasteiger partial charge in [0.15, 0.2) is 0 Å². The number of carbonyl (C=O) groups is 2. The van der Waals surface area contributed by atoms with Crippen molar-refractivity contribution in [1.82, 2.24) is 14.7 Å². The number of rotatable bonds is 4. The largest absolute Gasteiger partial charge is 0.340 e. The Hall–Kier alpha value is -0.950. The number of hydrogen-bond donors (Lipinski definition) is 0. The number of thioether (sulfide) groups is 1. The molecule has 2 aliphatic heterocycles. The van der Waals surface area contributed by atoms with Crippen LogP contribution in [0.1, 0.15) is 36.0 Å². The number of nitrogens with zero attached hydrogens (tertiary/aromatic N) is 3. The second-order valence-electron chi connectivity index (χ2n) is 8.38. The van der Waals surface area contributed by atoms with Crippen molar-refractivity contribution in [2.45, 2.75) is 31.7 Å². The molecule has 4 rings (SSSR count). The maximum absolute atomic E-state index is 13.5. The molecule has 1 unspecified atom stereocenters. The van der Waals surface area contributed by atoms with Crippen molar-refractivity contribution in [2.75, 3.05) is 50.8 Å². The normalized spacial score (nSPS) is 22.3. The van der Waals surface area contributed by atoms with Crippen molar-refractivity contribution >= 4 is 46.8 Å². The highest BCUT2D eigenvalue weighted by atomic mass is 35.5. The van der Waals surface area contributed by atoms with Crippen molar-refractivity contribution in [2.24, 2.45) is 5.92 Å². The van der Waals surface area contributed by atoms with E-state index in [0.717, 1.165) is 50.5 Å². The topological polar surface area (TPSA) is 43.9 Å². The molecule has 1 atom stereocenters. The number of piperazine rings is 1. The molecular weight excluding hydrogens is 441 g/mol. The molecule has 1 aromatic rings. The molecular formula is C22H29Cl2N3O2S. The molecule has 1 saturated carbocycles. The quantitative estimate of drug-likeness (QED) is 0.670. The summed E-state index contributed by atoms with van der Waals surface area (Å²) in [5, 5.41) is 0.910. The van der Waals surface area contributed by atoms with Gasteiger partial charge in [-0.05, 0) is 37.0 Å². The zero-order chi connectivity index (χ0) is 21.1. The van der Waals surface area contributed by atoms with Crippen LogP contribution in [0, 0.1) is 5.92 Å². The molecule has 3 fully saturated rings. The molecule has 0 N–H and O–H groups in total. The predicted octanol–water partition coefficient (Wildman–Crippen LogP) is 3.89. The van der Waals surface area contributed by atoms with Crippen molar-refractivity contribution in [3.05, 3.63) is 33.8 Å². The Morgan fingerprint density at radius 3 is 2.23 bits per heavy atom. The maximum atomic E-state index is 13.5. The van der Waals surface area contributed by atoms with Gasteiger partial charge in [-0.1, -0.05) is 36.0 Å². The fourth-order valence-electron chi connectivity index (χ4n) is 4.94. The first kappa shape index (κ1) is 22.3. The van der Waals surface area contributed by atoms with Crippen LogP contribution in [0.2, 0.25) is 10.0 Å². The molecule has 3 aliphatic rings. The zero-order valence-electron chi connectivity index (χ0n) is 17.2. The van der Waals surface area contributed by atoms with Crippen LogP contribution >= 0.6 is 35.0 Å². The highest BCUT2D eigenvalue weighted by Gasteiger charge is 2.39. The van der Waals surface area contributed by atoms with Crippen molar-refractivity contribution in [3.8, 4) is 0 Å². The Morgan fingerprint density at radius 1 is 0.933 bits per heavy atom. The number of carbonyl (C=O) groups excluding carboxylic acids is 2. The van der Waals surface area contributed by atoms with E-state index in [9.17, 15) is 9.59 Å². The molecule has 5 nitrogen and oxygen atoms in total. The predicted molar refractivity (Wildman–Crippen MR) is 124 cm³/mol. The van der Waals surface area contributed by atoms with Crippen LogP contribution in [0.3, 0.4) is 0 Å². The summed E-state index contributed by atoms with van der Waals surface area (Å²) in [6.45, 7) is 4.41. The van der Waals surface area contributed by atoms with Crippen LogP contribution in [-0.2, 0) is 4.79 Å². The Kier molecular flexibility index (Phi) is 7.50. The van der Waals surface area contributed by atoms with E-state index in [2.05, 4.69) is 9.80 Å². The molecule has 2 amide bonds. The Morgan fingerprint density at radius 2 is 1.60 bits per heavy atom. The lowest BCUT2D eigenvalue weighted by atomic mass is 9.94. The Labute approximate surface area is 193 Å². The van der Waals surface area contributed by atoms with E-state index in [4.69, 9.17) is 23.2 Å². The maximum Gasteiger partial charge on any atom is 0.255 e. The highest BCUT2D eigenvalue weighted by Crippen LogP contribution is 2.32. The average molecular weight is 470 g/mol. The van der Waals surface area contributed by atoms with Gasteiger partial charge in [-0.2, -0.15) is 11.8 Å².